The third-order valence-electron chi connectivity index (χ3n) is 10.8. The van der Waals surface area contributed by atoms with Crippen molar-refractivity contribution in [1.82, 2.24) is 0 Å². The zero-order chi connectivity index (χ0) is 38.8. The van der Waals surface area contributed by atoms with Gasteiger partial charge in [-0.1, -0.05) is 119 Å². The highest BCUT2D eigenvalue weighted by molar-refractivity contribution is 7.27. The fourth-order valence-corrected chi connectivity index (χ4v) is 7.93. The lowest BCUT2D eigenvalue weighted by Crippen LogP contribution is -2.23. The van der Waals surface area contributed by atoms with E-state index in [0.717, 1.165) is 69.2 Å². The van der Waals surface area contributed by atoms with Gasteiger partial charge in [0.25, 0.3) is 18.1 Å². The number of hydrogen-bond donors (Lipinski definition) is 0. The summed E-state index contributed by atoms with van der Waals surface area (Å²) < 4.78 is 26.6. The van der Waals surface area contributed by atoms with E-state index < -0.39 is 0 Å². The van der Waals surface area contributed by atoms with Gasteiger partial charge in [0.1, 0.15) is 23.0 Å². The molecule has 4 aromatic carbocycles. The van der Waals surface area contributed by atoms with E-state index in [2.05, 4.69) is 147 Å². The summed E-state index contributed by atoms with van der Waals surface area (Å²) >= 11 is 0. The Morgan fingerprint density at radius 1 is 0.462 bits per heavy atom. The molecule has 0 radical (unpaired) electrons. The van der Waals surface area contributed by atoms with Gasteiger partial charge in [-0.2, -0.15) is 0 Å². The van der Waals surface area contributed by atoms with Crippen LogP contribution in [-0.4, -0.2) is 0 Å². The fourth-order valence-electron chi connectivity index (χ4n) is 6.81. The lowest BCUT2D eigenvalue weighted by Gasteiger charge is -2.36. The summed E-state index contributed by atoms with van der Waals surface area (Å²) in [7, 11) is -0.473. The van der Waals surface area contributed by atoms with Crippen LogP contribution in [0.3, 0.4) is 0 Å². The van der Waals surface area contributed by atoms with Crippen molar-refractivity contribution in [2.75, 3.05) is 0 Å². The minimum Gasteiger partial charge on any atom is -0.441 e. The first-order valence-corrected chi connectivity index (χ1v) is 20.4. The van der Waals surface area contributed by atoms with Gasteiger partial charge in [0, 0.05) is 22.3 Å². The van der Waals surface area contributed by atoms with Crippen molar-refractivity contribution in [2.45, 2.75) is 145 Å². The van der Waals surface area contributed by atoms with Crippen molar-refractivity contribution in [1.29, 1.82) is 0 Å². The summed E-state index contributed by atoms with van der Waals surface area (Å²) in [6.45, 7) is 36.3. The monoisotopic (exact) mass is 742 g/mol. The Hall–Kier alpha value is -3.06. The van der Waals surface area contributed by atoms with Gasteiger partial charge in [-0.25, -0.2) is 0 Å². The van der Waals surface area contributed by atoms with Crippen LogP contribution in [0.4, 0.5) is 0 Å². The molecule has 0 aliphatic rings. The summed E-state index contributed by atoms with van der Waals surface area (Å²) in [5, 5.41) is 0. The highest BCUT2D eigenvalue weighted by atomic mass is 31.1. The van der Waals surface area contributed by atoms with E-state index in [9.17, 15) is 0 Å². The summed E-state index contributed by atoms with van der Waals surface area (Å²) in [4.78, 5) is 0. The van der Waals surface area contributed by atoms with Gasteiger partial charge in [-0.3, -0.25) is 0 Å². The van der Waals surface area contributed by atoms with Gasteiger partial charge >= 0.3 is 0 Å². The Morgan fingerprint density at radius 3 is 1.10 bits per heavy atom. The second-order valence-corrected chi connectivity index (χ2v) is 18.9. The maximum atomic E-state index is 6.97. The van der Waals surface area contributed by atoms with E-state index in [1.807, 2.05) is 24.3 Å². The van der Waals surface area contributed by atoms with E-state index >= 15 is 0 Å². The van der Waals surface area contributed by atoms with Crippen LogP contribution in [0.1, 0.15) is 140 Å². The topological polar surface area (TPSA) is 36.9 Å². The first-order chi connectivity index (χ1) is 24.1. The predicted molar refractivity (Wildman–Crippen MR) is 227 cm³/mol. The molecule has 0 heterocycles. The summed E-state index contributed by atoms with van der Waals surface area (Å²) in [5.74, 6) is 3.31. The molecular weight excluding hydrogens is 678 g/mol. The lowest BCUT2D eigenvalue weighted by molar-refractivity contribution is 0.475. The number of benzene rings is 4. The maximum absolute atomic E-state index is 6.97. The largest absolute Gasteiger partial charge is 0.441 e. The molecule has 0 aliphatic heterocycles. The molecule has 4 rings (SSSR count). The maximum Gasteiger partial charge on any atom is 0.275 e. The molecule has 282 valence electrons. The van der Waals surface area contributed by atoms with Crippen LogP contribution < -0.4 is 18.1 Å². The second kappa shape index (κ2) is 16.1. The summed E-state index contributed by atoms with van der Waals surface area (Å²) in [6, 6.07) is 21.1. The van der Waals surface area contributed by atoms with Gasteiger partial charge < -0.3 is 18.1 Å². The van der Waals surface area contributed by atoms with Crippen molar-refractivity contribution in [3.8, 4) is 34.1 Å². The van der Waals surface area contributed by atoms with Crippen LogP contribution in [0.25, 0.3) is 11.1 Å². The molecule has 0 N–H and O–H groups in total. The van der Waals surface area contributed by atoms with E-state index in [-0.39, 0.29) is 39.7 Å². The molecule has 0 spiro atoms. The first-order valence-electron chi connectivity index (χ1n) is 18.8. The molecular formula is C46H64O4P2. The summed E-state index contributed by atoms with van der Waals surface area (Å²) in [5.41, 5.74) is 11.3. The lowest BCUT2D eigenvalue weighted by atomic mass is 9.70. The Morgan fingerprint density at radius 2 is 0.808 bits per heavy atom. The van der Waals surface area contributed by atoms with Crippen LogP contribution in [0.15, 0.2) is 60.7 Å². The second-order valence-electron chi connectivity index (χ2n) is 17.8. The number of aryl methyl sites for hydroxylation is 2. The zero-order valence-corrected chi connectivity index (χ0v) is 36.8. The standard InChI is InChI=1S/C46H64O4P2/c1-17-45(13,14)35-27-37(43(7,8)9)41(49-51-47-33-23-19-21-29(3)25-33)39(31(35)5)40-32(6)36(46(15,16)18-2)28-38(44(10,11)12)42(40)50-52-48-34-24-20-22-30(4)26-34/h19-28,51-52H,17-18H2,1-16H3. The van der Waals surface area contributed by atoms with Gasteiger partial charge in [0.05, 0.1) is 0 Å². The van der Waals surface area contributed by atoms with Crippen LogP contribution in [0.2, 0.25) is 0 Å². The van der Waals surface area contributed by atoms with Crippen molar-refractivity contribution in [2.24, 2.45) is 0 Å². The molecule has 4 aromatic rings. The normalized spacial score (nSPS) is 13.0. The van der Waals surface area contributed by atoms with Crippen LogP contribution in [-0.2, 0) is 21.7 Å². The van der Waals surface area contributed by atoms with Gasteiger partial charge in [0.2, 0.25) is 0 Å². The molecule has 52 heavy (non-hydrogen) atoms. The predicted octanol–water partition coefficient (Wildman–Crippen LogP) is 14.5. The average Bonchev–Trinajstić information content (AvgIpc) is 3.04. The molecule has 4 nitrogen and oxygen atoms in total. The van der Waals surface area contributed by atoms with Crippen molar-refractivity contribution in [3.05, 3.63) is 105 Å². The molecule has 0 amide bonds. The smallest absolute Gasteiger partial charge is 0.275 e. The Balaban J connectivity index is 2.13. The van der Waals surface area contributed by atoms with Gasteiger partial charge in [-0.05, 0) is 120 Å². The summed E-state index contributed by atoms with van der Waals surface area (Å²) in [6.07, 6.45) is 2.00. The third-order valence-corrected chi connectivity index (χ3v) is 12.0. The highest BCUT2D eigenvalue weighted by Gasteiger charge is 2.36. The third kappa shape index (κ3) is 9.35. The fraction of sp³-hybridized carbons (Fsp3) is 0.478. The minimum atomic E-state index is -0.236. The molecule has 0 saturated carbocycles. The molecule has 0 aromatic heterocycles. The van der Waals surface area contributed by atoms with E-state index in [4.69, 9.17) is 18.1 Å². The molecule has 6 heteroatoms. The Kier molecular flexibility index (Phi) is 12.9. The van der Waals surface area contributed by atoms with Gasteiger partial charge in [0.15, 0.2) is 0 Å². The Bertz CT molecular complexity index is 1740. The quantitative estimate of drug-likeness (QED) is 0.128. The van der Waals surface area contributed by atoms with E-state index in [1.165, 1.54) is 22.3 Å². The van der Waals surface area contributed by atoms with E-state index in [0.29, 0.717) is 0 Å². The van der Waals surface area contributed by atoms with Crippen LogP contribution >= 0.6 is 18.1 Å². The van der Waals surface area contributed by atoms with Crippen LogP contribution in [0.5, 0.6) is 23.0 Å². The molecule has 2 unspecified atom stereocenters. The van der Waals surface area contributed by atoms with Crippen LogP contribution in [0, 0.1) is 27.7 Å². The minimum absolute atomic E-state index is 0.0736. The van der Waals surface area contributed by atoms with Crippen molar-refractivity contribution < 1.29 is 18.1 Å². The zero-order valence-electron chi connectivity index (χ0n) is 34.8. The van der Waals surface area contributed by atoms with Gasteiger partial charge in [-0.15, -0.1) is 0 Å². The Labute approximate surface area is 319 Å². The first kappa shape index (κ1) is 41.7. The molecule has 2 atom stereocenters. The van der Waals surface area contributed by atoms with Crippen molar-refractivity contribution >= 4 is 18.1 Å². The SMILES string of the molecule is CCC(C)(C)c1cc(C(C)(C)C)c(OPOc2cccc(C)c2)c(-c2c(C)c(C(C)(C)CC)cc(C(C)(C)C)c2OPOc2cccc(C)c2)c1C. The number of rotatable bonds is 13. The molecule has 0 aliphatic carbocycles. The molecule has 0 saturated heterocycles. The highest BCUT2D eigenvalue weighted by Crippen LogP contribution is 2.55. The average molecular weight is 743 g/mol. The molecule has 0 fully saturated rings. The van der Waals surface area contributed by atoms with Crippen molar-refractivity contribution in [3.63, 3.8) is 0 Å². The van der Waals surface area contributed by atoms with E-state index in [1.54, 1.807) is 0 Å². The molecule has 0 bridgehead atoms. The number of hydrogen-bond acceptors (Lipinski definition) is 4.